The number of ether oxygens (including phenoxy) is 1. The third-order valence-electron chi connectivity index (χ3n) is 5.50. The predicted molar refractivity (Wildman–Crippen MR) is 107 cm³/mol. The van der Waals surface area contributed by atoms with Gasteiger partial charge >= 0.3 is 12.0 Å². The number of aliphatic hydroxyl groups is 1. The maximum Gasteiger partial charge on any atom is 0.335 e. The SMILES string of the molecule is CC(O)(NCCNC(=O)N1CCOCC1)C(C)(C)c1cc(C(=O)O)ccc1[N+](=O)[O-]. The summed E-state index contributed by atoms with van der Waals surface area (Å²) in [7, 11) is 0. The number of carbonyl (C=O) groups is 2. The summed E-state index contributed by atoms with van der Waals surface area (Å²) in [5.41, 5.74) is -3.18. The van der Waals surface area contributed by atoms with Crippen LogP contribution < -0.4 is 10.6 Å². The number of amides is 2. The summed E-state index contributed by atoms with van der Waals surface area (Å²) in [5.74, 6) is -1.22. The zero-order chi connectivity index (χ0) is 22.5. The fraction of sp³-hybridized carbons (Fsp3) is 0.579. The van der Waals surface area contributed by atoms with Crippen LogP contribution in [0.4, 0.5) is 10.5 Å². The van der Waals surface area contributed by atoms with E-state index in [0.29, 0.717) is 26.3 Å². The van der Waals surface area contributed by atoms with Gasteiger partial charge in [-0.3, -0.25) is 15.4 Å². The monoisotopic (exact) mass is 424 g/mol. The molecule has 1 fully saturated rings. The zero-order valence-electron chi connectivity index (χ0n) is 17.3. The Labute approximate surface area is 174 Å². The average Bonchev–Trinajstić information content (AvgIpc) is 2.70. The topological polar surface area (TPSA) is 154 Å². The van der Waals surface area contributed by atoms with Gasteiger partial charge in [-0.2, -0.15) is 0 Å². The molecule has 1 aliphatic heterocycles. The van der Waals surface area contributed by atoms with E-state index in [-0.39, 0.29) is 35.9 Å². The number of carbonyl (C=O) groups excluding carboxylic acids is 1. The Hall–Kier alpha value is -2.76. The van der Waals surface area contributed by atoms with E-state index in [1.54, 1.807) is 18.7 Å². The molecule has 1 unspecified atom stereocenters. The molecule has 30 heavy (non-hydrogen) atoms. The van der Waals surface area contributed by atoms with E-state index in [1.807, 2.05) is 0 Å². The van der Waals surface area contributed by atoms with E-state index in [4.69, 9.17) is 4.74 Å². The largest absolute Gasteiger partial charge is 0.478 e. The van der Waals surface area contributed by atoms with Crippen molar-refractivity contribution >= 4 is 17.7 Å². The van der Waals surface area contributed by atoms with Gasteiger partial charge in [0.05, 0.1) is 23.7 Å². The van der Waals surface area contributed by atoms with Gasteiger partial charge in [0.15, 0.2) is 0 Å². The average molecular weight is 424 g/mol. The molecule has 1 saturated heterocycles. The first kappa shape index (κ1) is 23.5. The van der Waals surface area contributed by atoms with E-state index < -0.39 is 22.0 Å². The summed E-state index contributed by atoms with van der Waals surface area (Å²) < 4.78 is 5.20. The van der Waals surface area contributed by atoms with Gasteiger partial charge in [0.2, 0.25) is 0 Å². The Bertz CT molecular complexity index is 804. The molecule has 0 bridgehead atoms. The van der Waals surface area contributed by atoms with Crippen molar-refractivity contribution in [1.82, 2.24) is 15.5 Å². The number of nitrogens with zero attached hydrogens (tertiary/aromatic N) is 2. The zero-order valence-corrected chi connectivity index (χ0v) is 17.3. The lowest BCUT2D eigenvalue weighted by molar-refractivity contribution is -0.386. The Kier molecular flexibility index (Phi) is 7.34. The molecule has 1 aromatic carbocycles. The highest BCUT2D eigenvalue weighted by Gasteiger charge is 2.44. The summed E-state index contributed by atoms with van der Waals surface area (Å²) in [4.78, 5) is 35.9. The number of aromatic carboxylic acids is 1. The first-order valence-corrected chi connectivity index (χ1v) is 9.57. The summed E-state index contributed by atoms with van der Waals surface area (Å²) in [6.07, 6.45) is 0. The normalized spacial score (nSPS) is 16.6. The summed E-state index contributed by atoms with van der Waals surface area (Å²) in [6, 6.07) is 3.25. The molecule has 2 rings (SSSR count). The highest BCUT2D eigenvalue weighted by molar-refractivity contribution is 5.88. The van der Waals surface area contributed by atoms with Gasteiger partial charge in [0.25, 0.3) is 5.69 Å². The van der Waals surface area contributed by atoms with Crippen molar-refractivity contribution in [2.24, 2.45) is 0 Å². The smallest absolute Gasteiger partial charge is 0.335 e. The van der Waals surface area contributed by atoms with E-state index >= 15 is 0 Å². The molecule has 1 aromatic rings. The number of nitro benzene ring substituents is 1. The van der Waals surface area contributed by atoms with Crippen LogP contribution in [0.1, 0.15) is 36.7 Å². The molecule has 11 heteroatoms. The van der Waals surface area contributed by atoms with Crippen LogP contribution in [0.5, 0.6) is 0 Å². The van der Waals surface area contributed by atoms with Crippen LogP contribution in [0.3, 0.4) is 0 Å². The minimum absolute atomic E-state index is 0.0854. The molecule has 2 amide bonds. The second-order valence-electron chi connectivity index (χ2n) is 7.75. The lowest BCUT2D eigenvalue weighted by atomic mass is 9.74. The van der Waals surface area contributed by atoms with Crippen molar-refractivity contribution in [2.75, 3.05) is 39.4 Å². The van der Waals surface area contributed by atoms with Gasteiger partial charge in [-0.25, -0.2) is 9.59 Å². The Morgan fingerprint density at radius 2 is 1.87 bits per heavy atom. The van der Waals surface area contributed by atoms with Crippen LogP contribution >= 0.6 is 0 Å². The van der Waals surface area contributed by atoms with Gasteiger partial charge in [0.1, 0.15) is 5.72 Å². The van der Waals surface area contributed by atoms with Crippen molar-refractivity contribution in [3.05, 3.63) is 39.4 Å². The highest BCUT2D eigenvalue weighted by atomic mass is 16.6. The lowest BCUT2D eigenvalue weighted by Crippen LogP contribution is -2.58. The van der Waals surface area contributed by atoms with Gasteiger partial charge in [-0.05, 0) is 19.1 Å². The molecule has 0 spiro atoms. The number of morpholine rings is 1. The second kappa shape index (κ2) is 9.37. The summed E-state index contributed by atoms with van der Waals surface area (Å²) in [5, 5.41) is 37.4. The summed E-state index contributed by atoms with van der Waals surface area (Å²) in [6.45, 7) is 7.03. The molecular formula is C19H28N4O7. The molecule has 0 radical (unpaired) electrons. The minimum Gasteiger partial charge on any atom is -0.478 e. The van der Waals surface area contributed by atoms with E-state index in [9.17, 15) is 29.9 Å². The number of nitrogens with one attached hydrogen (secondary N) is 2. The highest BCUT2D eigenvalue weighted by Crippen LogP contribution is 2.39. The standard InChI is InChI=1S/C19H28N4O7/c1-18(2,14-12-13(16(24)25)4-5-15(14)23(28)29)19(3,27)21-7-6-20-17(26)22-8-10-30-11-9-22/h4-5,12,21,27H,6-11H2,1-3H3,(H,20,26)(H,24,25). The molecule has 11 nitrogen and oxygen atoms in total. The number of benzene rings is 1. The van der Waals surface area contributed by atoms with E-state index in [2.05, 4.69) is 10.6 Å². The number of urea groups is 1. The second-order valence-corrected chi connectivity index (χ2v) is 7.75. The molecule has 1 aliphatic rings. The minimum atomic E-state index is -1.64. The number of carboxylic acids is 1. The van der Waals surface area contributed by atoms with Crippen LogP contribution in [0.15, 0.2) is 18.2 Å². The van der Waals surface area contributed by atoms with Gasteiger partial charge in [0, 0.05) is 43.2 Å². The number of nitro groups is 1. The van der Waals surface area contributed by atoms with Gasteiger partial charge in [-0.15, -0.1) is 0 Å². The first-order chi connectivity index (χ1) is 14.0. The van der Waals surface area contributed by atoms with Crippen LogP contribution in [0.2, 0.25) is 0 Å². The molecule has 0 saturated carbocycles. The van der Waals surface area contributed by atoms with Crippen LogP contribution in [0, 0.1) is 10.1 Å². The molecular weight excluding hydrogens is 396 g/mol. The van der Waals surface area contributed by atoms with Crippen molar-refractivity contribution in [1.29, 1.82) is 0 Å². The first-order valence-electron chi connectivity index (χ1n) is 9.57. The third-order valence-corrected chi connectivity index (χ3v) is 5.50. The lowest BCUT2D eigenvalue weighted by Gasteiger charge is -2.41. The van der Waals surface area contributed by atoms with Crippen molar-refractivity contribution in [3.8, 4) is 0 Å². The summed E-state index contributed by atoms with van der Waals surface area (Å²) >= 11 is 0. The number of rotatable bonds is 8. The molecule has 166 valence electrons. The van der Waals surface area contributed by atoms with Crippen LogP contribution in [0.25, 0.3) is 0 Å². The maximum atomic E-state index is 12.1. The van der Waals surface area contributed by atoms with Crippen molar-refractivity contribution in [3.63, 3.8) is 0 Å². The Balaban J connectivity index is 2.08. The third kappa shape index (κ3) is 5.23. The van der Waals surface area contributed by atoms with Gasteiger partial charge < -0.3 is 25.2 Å². The van der Waals surface area contributed by atoms with Crippen molar-refractivity contribution < 1.29 is 29.5 Å². The molecule has 0 aromatic heterocycles. The van der Waals surface area contributed by atoms with Gasteiger partial charge in [-0.1, -0.05) is 13.8 Å². The van der Waals surface area contributed by atoms with Crippen LogP contribution in [-0.4, -0.2) is 77.2 Å². The Morgan fingerprint density at radius 1 is 1.23 bits per heavy atom. The fourth-order valence-electron chi connectivity index (χ4n) is 3.17. The maximum absolute atomic E-state index is 12.1. The molecule has 1 atom stereocenters. The molecule has 1 heterocycles. The van der Waals surface area contributed by atoms with E-state index in [0.717, 1.165) is 12.1 Å². The quantitative estimate of drug-likeness (QED) is 0.208. The molecule has 0 aliphatic carbocycles. The van der Waals surface area contributed by atoms with Crippen molar-refractivity contribution in [2.45, 2.75) is 31.9 Å². The number of hydrogen-bond acceptors (Lipinski definition) is 7. The van der Waals surface area contributed by atoms with E-state index in [1.165, 1.54) is 13.0 Å². The number of carboxylic acid groups (broad SMARTS) is 1. The predicted octanol–water partition coefficient (Wildman–Crippen LogP) is 0.911. The Morgan fingerprint density at radius 3 is 2.43 bits per heavy atom. The molecule has 4 N–H and O–H groups in total. The van der Waals surface area contributed by atoms with Crippen LogP contribution in [-0.2, 0) is 10.2 Å². The fourth-order valence-corrected chi connectivity index (χ4v) is 3.17. The number of hydrogen-bond donors (Lipinski definition) is 4.